The molecule has 0 aliphatic heterocycles. The quantitative estimate of drug-likeness (QED) is 0.762. The summed E-state index contributed by atoms with van der Waals surface area (Å²) >= 11 is 5.90. The van der Waals surface area contributed by atoms with Crippen LogP contribution in [0.2, 0.25) is 5.02 Å². The molecular weight excluding hydrogens is 286 g/mol. The van der Waals surface area contributed by atoms with Crippen molar-refractivity contribution in [2.24, 2.45) is 0 Å². The minimum Gasteiger partial charge on any atom is -0.383 e. The van der Waals surface area contributed by atoms with Gasteiger partial charge in [-0.25, -0.2) is 4.98 Å². The summed E-state index contributed by atoms with van der Waals surface area (Å²) < 4.78 is 0. The predicted octanol–water partition coefficient (Wildman–Crippen LogP) is 3.34. The van der Waals surface area contributed by atoms with Crippen LogP contribution in [0.15, 0.2) is 59.7 Å². The largest absolute Gasteiger partial charge is 0.383 e. The van der Waals surface area contributed by atoms with E-state index in [2.05, 4.69) is 9.97 Å². The Morgan fingerprint density at radius 2 is 1.71 bits per heavy atom. The molecule has 0 amide bonds. The lowest BCUT2D eigenvalue weighted by molar-refractivity contribution is 1.23. The monoisotopic (exact) mass is 297 g/mol. The number of nitrogens with one attached hydrogen (secondary N) is 1. The first-order chi connectivity index (χ1) is 10.1. The zero-order valence-corrected chi connectivity index (χ0v) is 11.8. The first kappa shape index (κ1) is 13.4. The van der Waals surface area contributed by atoms with Crippen LogP contribution < -0.4 is 11.3 Å². The molecule has 3 aromatic rings. The van der Waals surface area contributed by atoms with Gasteiger partial charge >= 0.3 is 0 Å². The van der Waals surface area contributed by atoms with Crippen molar-refractivity contribution < 1.29 is 0 Å². The van der Waals surface area contributed by atoms with E-state index in [1.54, 1.807) is 18.5 Å². The van der Waals surface area contributed by atoms with Gasteiger partial charge in [0.15, 0.2) is 0 Å². The molecule has 5 heteroatoms. The molecule has 0 saturated carbocycles. The molecule has 0 atom stereocenters. The Bertz CT molecular complexity index is 820. The van der Waals surface area contributed by atoms with Gasteiger partial charge in [0.05, 0.1) is 0 Å². The number of anilines is 1. The molecule has 21 heavy (non-hydrogen) atoms. The lowest BCUT2D eigenvalue weighted by Crippen LogP contribution is -2.01. The number of aromatic amines is 1. The fourth-order valence-electron chi connectivity index (χ4n) is 2.08. The van der Waals surface area contributed by atoms with Crippen molar-refractivity contribution in [2.45, 2.75) is 0 Å². The Morgan fingerprint density at radius 3 is 2.38 bits per heavy atom. The first-order valence-corrected chi connectivity index (χ1v) is 6.72. The Morgan fingerprint density at radius 1 is 1.00 bits per heavy atom. The number of halogens is 1. The number of aromatic nitrogens is 2. The molecule has 3 rings (SSSR count). The third kappa shape index (κ3) is 2.80. The summed E-state index contributed by atoms with van der Waals surface area (Å²) in [6, 6.07) is 12.6. The van der Waals surface area contributed by atoms with E-state index in [1.807, 2.05) is 30.3 Å². The SMILES string of the molecule is Nc1ncc(-c2ccc(=O)[nH]c2)cc1-c1ccc(Cl)cc1. The van der Waals surface area contributed by atoms with Gasteiger partial charge in [-0.1, -0.05) is 23.7 Å². The molecule has 0 aliphatic rings. The van der Waals surface area contributed by atoms with Crippen LogP contribution in [0, 0.1) is 0 Å². The van der Waals surface area contributed by atoms with Gasteiger partial charge in [0.25, 0.3) is 0 Å². The van der Waals surface area contributed by atoms with Crippen molar-refractivity contribution in [3.8, 4) is 22.3 Å². The van der Waals surface area contributed by atoms with E-state index in [9.17, 15) is 4.79 Å². The Hall–Kier alpha value is -2.59. The second kappa shape index (κ2) is 5.42. The molecule has 0 bridgehead atoms. The summed E-state index contributed by atoms with van der Waals surface area (Å²) in [5, 5.41) is 0.669. The van der Waals surface area contributed by atoms with Gasteiger partial charge in [-0.2, -0.15) is 0 Å². The number of nitrogen functional groups attached to an aromatic ring is 1. The smallest absolute Gasteiger partial charge is 0.247 e. The lowest BCUT2D eigenvalue weighted by Gasteiger charge is -2.08. The van der Waals surface area contributed by atoms with Crippen LogP contribution in [0.4, 0.5) is 5.82 Å². The van der Waals surface area contributed by atoms with Gasteiger partial charge in [-0.15, -0.1) is 0 Å². The van der Waals surface area contributed by atoms with Gasteiger partial charge < -0.3 is 10.7 Å². The van der Waals surface area contributed by atoms with E-state index in [4.69, 9.17) is 17.3 Å². The van der Waals surface area contributed by atoms with E-state index in [1.165, 1.54) is 6.07 Å². The molecule has 0 spiro atoms. The molecule has 0 aliphatic carbocycles. The number of nitrogens with two attached hydrogens (primary N) is 1. The van der Waals surface area contributed by atoms with Gasteiger partial charge in [-0.05, 0) is 35.4 Å². The average Bonchev–Trinajstić information content (AvgIpc) is 2.50. The highest BCUT2D eigenvalue weighted by Crippen LogP contribution is 2.29. The minimum atomic E-state index is -0.139. The lowest BCUT2D eigenvalue weighted by atomic mass is 10.0. The maximum atomic E-state index is 11.1. The van der Waals surface area contributed by atoms with Crippen molar-refractivity contribution in [3.63, 3.8) is 0 Å². The third-order valence-electron chi connectivity index (χ3n) is 3.19. The zero-order chi connectivity index (χ0) is 14.8. The molecule has 2 heterocycles. The van der Waals surface area contributed by atoms with Crippen LogP contribution >= 0.6 is 11.6 Å². The van der Waals surface area contributed by atoms with E-state index < -0.39 is 0 Å². The molecular formula is C16H12ClN3O. The Kier molecular flexibility index (Phi) is 3.46. The standard InChI is InChI=1S/C16H12ClN3O/c17-13-4-1-10(2-5-13)14-7-12(9-20-16(14)18)11-3-6-15(21)19-8-11/h1-9H,(H2,18,20)(H,19,21). The highest BCUT2D eigenvalue weighted by molar-refractivity contribution is 6.30. The number of pyridine rings is 2. The van der Waals surface area contributed by atoms with Gasteiger partial charge in [0.1, 0.15) is 5.82 Å². The molecule has 0 saturated heterocycles. The van der Waals surface area contributed by atoms with Crippen molar-refractivity contribution in [2.75, 3.05) is 5.73 Å². The van der Waals surface area contributed by atoms with Crippen LogP contribution in [-0.4, -0.2) is 9.97 Å². The van der Waals surface area contributed by atoms with Crippen LogP contribution in [0.3, 0.4) is 0 Å². The zero-order valence-electron chi connectivity index (χ0n) is 11.0. The van der Waals surface area contributed by atoms with Crippen molar-refractivity contribution in [3.05, 3.63) is 70.2 Å². The van der Waals surface area contributed by atoms with E-state index in [0.29, 0.717) is 10.8 Å². The third-order valence-corrected chi connectivity index (χ3v) is 3.44. The number of hydrogen-bond acceptors (Lipinski definition) is 3. The number of rotatable bonds is 2. The second-order valence-electron chi connectivity index (χ2n) is 4.61. The summed E-state index contributed by atoms with van der Waals surface area (Å²) in [7, 11) is 0. The van der Waals surface area contributed by atoms with Gasteiger partial charge in [-0.3, -0.25) is 4.79 Å². The van der Waals surface area contributed by atoms with E-state index in [0.717, 1.165) is 22.3 Å². The summed E-state index contributed by atoms with van der Waals surface area (Å²) in [6.07, 6.45) is 3.34. The fraction of sp³-hybridized carbons (Fsp3) is 0. The maximum Gasteiger partial charge on any atom is 0.247 e. The summed E-state index contributed by atoms with van der Waals surface area (Å²) in [6.45, 7) is 0. The average molecular weight is 298 g/mol. The first-order valence-electron chi connectivity index (χ1n) is 6.34. The van der Waals surface area contributed by atoms with E-state index >= 15 is 0 Å². The molecule has 1 aromatic carbocycles. The highest BCUT2D eigenvalue weighted by atomic mass is 35.5. The fourth-order valence-corrected chi connectivity index (χ4v) is 2.21. The molecule has 2 aromatic heterocycles. The summed E-state index contributed by atoms with van der Waals surface area (Å²) in [5.74, 6) is 0.450. The molecule has 0 unspecified atom stereocenters. The number of hydrogen-bond donors (Lipinski definition) is 2. The van der Waals surface area contributed by atoms with E-state index in [-0.39, 0.29) is 5.56 Å². The normalized spacial score (nSPS) is 10.5. The topological polar surface area (TPSA) is 71.8 Å². The van der Waals surface area contributed by atoms with Crippen LogP contribution in [0.5, 0.6) is 0 Å². The summed E-state index contributed by atoms with van der Waals surface area (Å²) in [5.41, 5.74) is 9.34. The van der Waals surface area contributed by atoms with Gasteiger partial charge in [0, 0.05) is 34.6 Å². The number of benzene rings is 1. The molecule has 0 radical (unpaired) electrons. The van der Waals surface area contributed by atoms with Crippen LogP contribution in [0.1, 0.15) is 0 Å². The van der Waals surface area contributed by atoms with Crippen LogP contribution in [-0.2, 0) is 0 Å². The van der Waals surface area contributed by atoms with Crippen LogP contribution in [0.25, 0.3) is 22.3 Å². The van der Waals surface area contributed by atoms with Crippen molar-refractivity contribution >= 4 is 17.4 Å². The van der Waals surface area contributed by atoms with Gasteiger partial charge in [0.2, 0.25) is 5.56 Å². The maximum absolute atomic E-state index is 11.1. The molecule has 4 nitrogen and oxygen atoms in total. The summed E-state index contributed by atoms with van der Waals surface area (Å²) in [4.78, 5) is 18.0. The predicted molar refractivity (Wildman–Crippen MR) is 85.2 cm³/mol. The molecule has 104 valence electrons. The highest BCUT2D eigenvalue weighted by Gasteiger charge is 2.07. The Balaban J connectivity index is 2.09. The van der Waals surface area contributed by atoms with Crippen molar-refractivity contribution in [1.82, 2.24) is 9.97 Å². The second-order valence-corrected chi connectivity index (χ2v) is 5.04. The molecule has 0 fully saturated rings. The Labute approximate surface area is 126 Å². The number of nitrogens with zero attached hydrogens (tertiary/aromatic N) is 1. The van der Waals surface area contributed by atoms with Crippen molar-refractivity contribution in [1.29, 1.82) is 0 Å². The number of H-pyrrole nitrogens is 1. The minimum absolute atomic E-state index is 0.139. The molecule has 3 N–H and O–H groups in total.